The van der Waals surface area contributed by atoms with E-state index in [0.717, 1.165) is 0 Å². The van der Waals surface area contributed by atoms with E-state index >= 15 is 0 Å². The lowest BCUT2D eigenvalue weighted by molar-refractivity contribution is 0.353. The average molecular weight is 374 g/mol. The number of rotatable bonds is 14. The summed E-state index contributed by atoms with van der Waals surface area (Å²) in [5.41, 5.74) is 0. The molecule has 5 heteroatoms. The highest BCUT2D eigenvalue weighted by molar-refractivity contribution is 6.90. The summed E-state index contributed by atoms with van der Waals surface area (Å²) in [7, 11) is -3.22. The molecule has 0 aliphatic rings. The fraction of sp³-hybridized carbons (Fsp3) is 1.00. The molecule has 0 rings (SSSR count). The Morgan fingerprint density at radius 2 is 0.792 bits per heavy atom. The molecule has 0 saturated carbocycles. The largest absolute Gasteiger partial charge is 0.321 e. The minimum atomic E-state index is -1.61. The van der Waals surface area contributed by atoms with Crippen LogP contribution in [0.25, 0.3) is 0 Å². The molecular weight excluding hydrogens is 326 g/mol. The van der Waals surface area contributed by atoms with Crippen LogP contribution < -0.4 is 0 Å². The van der Waals surface area contributed by atoms with Crippen LogP contribution in [0.15, 0.2) is 0 Å². The van der Waals surface area contributed by atoms with Crippen molar-refractivity contribution in [2.24, 2.45) is 0 Å². The molecule has 0 radical (unpaired) electrons. The Morgan fingerprint density at radius 3 is 0.958 bits per heavy atom. The predicted octanol–water partition coefficient (Wildman–Crippen LogP) is 5.35. The van der Waals surface area contributed by atoms with Crippen molar-refractivity contribution in [1.82, 2.24) is 13.4 Å². The predicted molar refractivity (Wildman–Crippen MR) is 116 cm³/mol. The third-order valence-electron chi connectivity index (χ3n) is 6.42. The van der Waals surface area contributed by atoms with E-state index in [1.54, 1.807) is 0 Å². The van der Waals surface area contributed by atoms with Gasteiger partial charge in [-0.05, 0) is 63.3 Å². The van der Waals surface area contributed by atoms with Crippen LogP contribution in [0.2, 0.25) is 24.2 Å². The Bertz CT molecular complexity index is 282. The molecule has 0 aromatic carbocycles. The van der Waals surface area contributed by atoms with Crippen LogP contribution in [0.5, 0.6) is 0 Å². The summed E-state index contributed by atoms with van der Waals surface area (Å²) in [4.78, 5) is 0. The molecule has 0 aromatic rings. The van der Waals surface area contributed by atoms with Gasteiger partial charge in [0.15, 0.2) is 0 Å². The second-order valence-corrected chi connectivity index (χ2v) is 16.4. The molecular formula is C19H47N3Si2. The van der Waals surface area contributed by atoms with Gasteiger partial charge in [-0.15, -0.1) is 0 Å². The molecule has 3 nitrogen and oxygen atoms in total. The van der Waals surface area contributed by atoms with Gasteiger partial charge in [-0.1, -0.05) is 62.3 Å². The first kappa shape index (κ1) is 24.3. The summed E-state index contributed by atoms with van der Waals surface area (Å²) in [5.74, 6) is 0. The van der Waals surface area contributed by atoms with E-state index in [4.69, 9.17) is 0 Å². The maximum absolute atomic E-state index is 3.18. The highest BCUT2D eigenvalue weighted by atomic mass is 28.4. The van der Waals surface area contributed by atoms with Crippen molar-refractivity contribution in [2.45, 2.75) is 92.9 Å². The zero-order valence-corrected chi connectivity index (χ0v) is 20.4. The molecule has 0 aliphatic carbocycles. The molecule has 0 amide bonds. The number of nitrogens with zero attached hydrogens (tertiary/aromatic N) is 3. The van der Waals surface area contributed by atoms with Gasteiger partial charge in [-0.25, -0.2) is 0 Å². The maximum atomic E-state index is 3.18. The molecule has 0 fully saturated rings. The fourth-order valence-corrected chi connectivity index (χ4v) is 19.6. The highest BCUT2D eigenvalue weighted by Gasteiger charge is 2.52. The van der Waals surface area contributed by atoms with Crippen LogP contribution in [0.1, 0.15) is 68.7 Å². The van der Waals surface area contributed by atoms with Crippen molar-refractivity contribution in [3.63, 3.8) is 0 Å². The average Bonchev–Trinajstić information content (AvgIpc) is 2.63. The molecule has 24 heavy (non-hydrogen) atoms. The fourth-order valence-electron chi connectivity index (χ4n) is 5.15. The molecule has 0 unspecified atom stereocenters. The first-order valence-electron chi connectivity index (χ1n) is 10.8. The third kappa shape index (κ3) is 4.53. The van der Waals surface area contributed by atoms with Gasteiger partial charge in [-0.2, -0.15) is 0 Å². The van der Waals surface area contributed by atoms with Crippen LogP contribution in [-0.2, 0) is 0 Å². The van der Waals surface area contributed by atoms with Crippen molar-refractivity contribution >= 4 is 16.8 Å². The van der Waals surface area contributed by atoms with E-state index < -0.39 is 16.8 Å². The van der Waals surface area contributed by atoms with E-state index in [1.165, 1.54) is 63.3 Å². The molecule has 0 aromatic heterocycles. The summed E-state index contributed by atoms with van der Waals surface area (Å²) in [5, 5.41) is 0. The van der Waals surface area contributed by atoms with Crippen molar-refractivity contribution in [3.8, 4) is 0 Å². The van der Waals surface area contributed by atoms with Gasteiger partial charge in [0.05, 0.1) is 0 Å². The van der Waals surface area contributed by atoms with Gasteiger partial charge < -0.3 is 13.4 Å². The lowest BCUT2D eigenvalue weighted by Crippen LogP contribution is -2.77. The van der Waals surface area contributed by atoms with Crippen molar-refractivity contribution < 1.29 is 0 Å². The summed E-state index contributed by atoms with van der Waals surface area (Å²) < 4.78 is 8.96. The van der Waals surface area contributed by atoms with E-state index in [9.17, 15) is 0 Å². The standard InChI is InChI=1S/C19H47N3Si2/c1-10-19-22(23(15-6,16-7)20(11-2)12-3)24(17-8,18-9)21(13-4)14-5/h10-19H2,1-9H3. The molecule has 0 aliphatic heterocycles. The molecule has 0 heterocycles. The third-order valence-corrected chi connectivity index (χ3v) is 19.5. The van der Waals surface area contributed by atoms with Crippen molar-refractivity contribution in [1.29, 1.82) is 0 Å². The quantitative estimate of drug-likeness (QED) is 0.380. The Morgan fingerprint density at radius 1 is 0.500 bits per heavy atom. The van der Waals surface area contributed by atoms with Gasteiger partial charge in [0.25, 0.3) is 0 Å². The van der Waals surface area contributed by atoms with Gasteiger partial charge in [0.1, 0.15) is 0 Å². The first-order chi connectivity index (χ1) is 11.5. The van der Waals surface area contributed by atoms with Crippen LogP contribution >= 0.6 is 0 Å². The molecule has 0 saturated heterocycles. The summed E-state index contributed by atoms with van der Waals surface area (Å²) >= 11 is 0. The van der Waals surface area contributed by atoms with E-state index in [-0.39, 0.29) is 0 Å². The van der Waals surface area contributed by atoms with Gasteiger partial charge >= 0.3 is 0 Å². The Labute approximate surface area is 156 Å². The Balaban J connectivity index is 6.34. The second kappa shape index (κ2) is 11.8. The molecule has 0 atom stereocenters. The van der Waals surface area contributed by atoms with Crippen LogP contribution in [0.4, 0.5) is 0 Å². The smallest absolute Gasteiger partial charge is 0.200 e. The number of hydrogen-bond acceptors (Lipinski definition) is 3. The van der Waals surface area contributed by atoms with Crippen LogP contribution in [-0.4, -0.2) is 62.9 Å². The summed E-state index contributed by atoms with van der Waals surface area (Å²) in [6, 6.07) is 5.45. The minimum Gasteiger partial charge on any atom is -0.321 e. The molecule has 146 valence electrons. The summed E-state index contributed by atoms with van der Waals surface area (Å²) in [6.07, 6.45) is 1.28. The second-order valence-electron chi connectivity index (χ2n) is 6.88. The molecule has 0 bridgehead atoms. The first-order valence-corrected chi connectivity index (χ1v) is 15.4. The minimum absolute atomic E-state index is 1.21. The van der Waals surface area contributed by atoms with Crippen molar-refractivity contribution in [3.05, 3.63) is 0 Å². The Kier molecular flexibility index (Phi) is 12.0. The van der Waals surface area contributed by atoms with Crippen LogP contribution in [0, 0.1) is 0 Å². The van der Waals surface area contributed by atoms with Gasteiger partial charge in [0, 0.05) is 0 Å². The van der Waals surface area contributed by atoms with Gasteiger partial charge in [-0.3, -0.25) is 0 Å². The van der Waals surface area contributed by atoms with Crippen LogP contribution in [0.3, 0.4) is 0 Å². The molecule has 0 spiro atoms. The lowest BCUT2D eigenvalue weighted by atomic mass is 10.5. The van der Waals surface area contributed by atoms with Crippen molar-refractivity contribution in [2.75, 3.05) is 32.7 Å². The zero-order valence-electron chi connectivity index (χ0n) is 18.4. The lowest BCUT2D eigenvalue weighted by Gasteiger charge is -2.58. The summed E-state index contributed by atoms with van der Waals surface area (Å²) in [6.45, 7) is 27.9. The van der Waals surface area contributed by atoms with E-state index in [1.807, 2.05) is 0 Å². The topological polar surface area (TPSA) is 9.72 Å². The Hall–Kier alpha value is 0.314. The normalized spacial score (nSPS) is 13.5. The molecule has 0 N–H and O–H groups in total. The van der Waals surface area contributed by atoms with E-state index in [2.05, 4.69) is 75.7 Å². The van der Waals surface area contributed by atoms with Gasteiger partial charge in [0.2, 0.25) is 16.8 Å². The number of hydrogen-bond donors (Lipinski definition) is 0. The zero-order chi connectivity index (χ0) is 18.8. The maximum Gasteiger partial charge on any atom is 0.200 e. The highest BCUT2D eigenvalue weighted by Crippen LogP contribution is 2.35. The SMILES string of the molecule is CCCN([Si](CC)(CC)N(CC)CC)[Si](CC)(CC)N(CC)CC. The van der Waals surface area contributed by atoms with E-state index in [0.29, 0.717) is 0 Å². The monoisotopic (exact) mass is 373 g/mol.